The molecule has 1 unspecified atom stereocenters. The number of hydrogen-bond acceptors (Lipinski definition) is 5. The van der Waals surface area contributed by atoms with Gasteiger partial charge in [-0.05, 0) is 6.92 Å². The van der Waals surface area contributed by atoms with Crippen molar-refractivity contribution in [2.75, 3.05) is 13.7 Å². The molecule has 0 radical (unpaired) electrons. The molecule has 2 N–H and O–H groups in total. The van der Waals surface area contributed by atoms with Crippen LogP contribution in [0.1, 0.15) is 16.1 Å². The van der Waals surface area contributed by atoms with Gasteiger partial charge >= 0.3 is 5.97 Å². The van der Waals surface area contributed by atoms with E-state index in [-0.39, 0.29) is 0 Å². The summed E-state index contributed by atoms with van der Waals surface area (Å²) in [4.78, 5) is 23.0. The molecule has 0 fully saturated rings. The molecule has 0 saturated carbocycles. The number of aromatic nitrogens is 2. The van der Waals surface area contributed by atoms with Crippen LogP contribution in [-0.4, -0.2) is 46.5 Å². The zero-order chi connectivity index (χ0) is 13.0. The summed E-state index contributed by atoms with van der Waals surface area (Å²) in [5.74, 6) is -1.16. The lowest BCUT2D eigenvalue weighted by Crippen LogP contribution is -2.44. The van der Waals surface area contributed by atoms with E-state index in [0.29, 0.717) is 11.3 Å². The molecule has 0 aliphatic carbocycles. The van der Waals surface area contributed by atoms with Crippen molar-refractivity contribution in [3.05, 3.63) is 17.5 Å². The summed E-state index contributed by atoms with van der Waals surface area (Å²) >= 11 is 0. The van der Waals surface area contributed by atoms with E-state index >= 15 is 0 Å². The molecular formula is C10H15N3O4. The Bertz CT molecular complexity index is 427. The highest BCUT2D eigenvalue weighted by Gasteiger charge is 2.22. The number of nitrogens with one attached hydrogen (secondary N) is 1. The summed E-state index contributed by atoms with van der Waals surface area (Å²) < 4.78 is 5.94. The quantitative estimate of drug-likeness (QED) is 0.659. The van der Waals surface area contributed by atoms with Crippen molar-refractivity contribution < 1.29 is 19.4 Å². The number of aliphatic hydroxyl groups is 1. The van der Waals surface area contributed by atoms with Crippen molar-refractivity contribution in [1.82, 2.24) is 15.1 Å². The molecule has 7 nitrogen and oxygen atoms in total. The minimum Gasteiger partial charge on any atom is -0.467 e. The molecule has 0 bridgehead atoms. The van der Waals surface area contributed by atoms with Gasteiger partial charge in [0.1, 0.15) is 0 Å². The number of nitrogens with zero attached hydrogens (tertiary/aromatic N) is 2. The summed E-state index contributed by atoms with van der Waals surface area (Å²) in [6, 6.07) is -1.06. The Morgan fingerprint density at radius 1 is 1.65 bits per heavy atom. The van der Waals surface area contributed by atoms with Gasteiger partial charge in [-0.15, -0.1) is 0 Å². The van der Waals surface area contributed by atoms with Gasteiger partial charge in [-0.2, -0.15) is 5.10 Å². The van der Waals surface area contributed by atoms with Gasteiger partial charge in [0.25, 0.3) is 5.91 Å². The number of esters is 1. The average molecular weight is 241 g/mol. The van der Waals surface area contributed by atoms with E-state index in [9.17, 15) is 9.59 Å². The molecule has 0 aromatic carbocycles. The third kappa shape index (κ3) is 3.04. The Labute approximate surface area is 98.4 Å². The molecule has 0 aliphatic rings. The van der Waals surface area contributed by atoms with Gasteiger partial charge in [-0.3, -0.25) is 9.48 Å². The van der Waals surface area contributed by atoms with E-state index < -0.39 is 24.5 Å². The van der Waals surface area contributed by atoms with Crippen molar-refractivity contribution >= 4 is 11.9 Å². The lowest BCUT2D eigenvalue weighted by Gasteiger charge is -2.13. The Balaban J connectivity index is 2.78. The number of methoxy groups -OCH3 is 1. The van der Waals surface area contributed by atoms with E-state index in [1.165, 1.54) is 18.0 Å². The lowest BCUT2D eigenvalue weighted by atomic mass is 10.2. The largest absolute Gasteiger partial charge is 0.467 e. The Hall–Kier alpha value is -1.89. The van der Waals surface area contributed by atoms with Crippen molar-refractivity contribution in [1.29, 1.82) is 0 Å². The van der Waals surface area contributed by atoms with Gasteiger partial charge in [-0.1, -0.05) is 0 Å². The fourth-order valence-electron chi connectivity index (χ4n) is 1.38. The molecule has 17 heavy (non-hydrogen) atoms. The number of aliphatic hydroxyl groups excluding tert-OH is 1. The van der Waals surface area contributed by atoms with Gasteiger partial charge in [-0.25, -0.2) is 4.79 Å². The summed E-state index contributed by atoms with van der Waals surface area (Å²) in [5.41, 5.74) is 0.904. The highest BCUT2D eigenvalue weighted by molar-refractivity contribution is 5.97. The van der Waals surface area contributed by atoms with Crippen molar-refractivity contribution in [3.63, 3.8) is 0 Å². The van der Waals surface area contributed by atoms with E-state index in [4.69, 9.17) is 5.11 Å². The molecule has 1 aromatic rings. The average Bonchev–Trinajstić information content (AvgIpc) is 2.64. The highest BCUT2D eigenvalue weighted by atomic mass is 16.5. The Kier molecular flexibility index (Phi) is 4.22. The monoisotopic (exact) mass is 241 g/mol. The summed E-state index contributed by atoms with van der Waals surface area (Å²) in [6.07, 6.45) is 1.54. The predicted octanol–water partition coefficient (Wildman–Crippen LogP) is -1.01. The normalized spacial score (nSPS) is 12.0. The number of carbonyl (C=O) groups excluding carboxylic acids is 2. The first-order valence-corrected chi connectivity index (χ1v) is 4.99. The van der Waals surface area contributed by atoms with Gasteiger partial charge in [0.2, 0.25) is 0 Å². The minimum absolute atomic E-state index is 0.356. The SMILES string of the molecule is COC(=O)C(CO)NC(=O)c1cn(C)nc1C. The molecule has 7 heteroatoms. The van der Waals surface area contributed by atoms with Gasteiger partial charge in [0.15, 0.2) is 6.04 Å². The van der Waals surface area contributed by atoms with Crippen LogP contribution >= 0.6 is 0 Å². The fourth-order valence-corrected chi connectivity index (χ4v) is 1.38. The van der Waals surface area contributed by atoms with Gasteiger partial charge < -0.3 is 15.2 Å². The van der Waals surface area contributed by atoms with E-state index in [2.05, 4.69) is 15.2 Å². The summed E-state index contributed by atoms with van der Waals surface area (Å²) in [7, 11) is 2.88. The molecule has 1 atom stereocenters. The molecule has 1 amide bonds. The first kappa shape index (κ1) is 13.2. The summed E-state index contributed by atoms with van der Waals surface area (Å²) in [6.45, 7) is 1.17. The lowest BCUT2D eigenvalue weighted by molar-refractivity contribution is -0.143. The standard InChI is InChI=1S/C10H15N3O4/c1-6-7(4-13(2)12-6)9(15)11-8(5-14)10(16)17-3/h4,8,14H,5H2,1-3H3,(H,11,15). The molecular weight excluding hydrogens is 226 g/mol. The number of aryl methyl sites for hydroxylation is 2. The molecule has 1 heterocycles. The number of rotatable bonds is 4. The zero-order valence-corrected chi connectivity index (χ0v) is 9.93. The van der Waals surface area contributed by atoms with Crippen molar-refractivity contribution in [2.24, 2.45) is 7.05 Å². The maximum Gasteiger partial charge on any atom is 0.330 e. The van der Waals surface area contributed by atoms with Crippen molar-refractivity contribution in [3.8, 4) is 0 Å². The van der Waals surface area contributed by atoms with Crippen LogP contribution in [0.5, 0.6) is 0 Å². The zero-order valence-electron chi connectivity index (χ0n) is 9.93. The molecule has 1 aromatic heterocycles. The molecule has 0 saturated heterocycles. The van der Waals surface area contributed by atoms with Gasteiger partial charge in [0, 0.05) is 13.2 Å². The van der Waals surface area contributed by atoms with Crippen LogP contribution in [0, 0.1) is 6.92 Å². The van der Waals surface area contributed by atoms with Crippen LogP contribution in [-0.2, 0) is 16.6 Å². The van der Waals surface area contributed by atoms with Crippen LogP contribution in [0.25, 0.3) is 0 Å². The Morgan fingerprint density at radius 3 is 2.71 bits per heavy atom. The molecule has 0 spiro atoms. The molecule has 0 aliphatic heterocycles. The van der Waals surface area contributed by atoms with E-state index in [0.717, 1.165) is 0 Å². The van der Waals surface area contributed by atoms with Gasteiger partial charge in [0.05, 0.1) is 25.0 Å². The number of hydrogen-bond donors (Lipinski definition) is 2. The van der Waals surface area contributed by atoms with Crippen LogP contribution in [0.15, 0.2) is 6.20 Å². The van der Waals surface area contributed by atoms with Crippen LogP contribution in [0.4, 0.5) is 0 Å². The highest BCUT2D eigenvalue weighted by Crippen LogP contribution is 2.04. The van der Waals surface area contributed by atoms with Crippen molar-refractivity contribution in [2.45, 2.75) is 13.0 Å². The molecule has 1 rings (SSSR count). The van der Waals surface area contributed by atoms with Crippen LogP contribution in [0.2, 0.25) is 0 Å². The first-order chi connectivity index (χ1) is 7.99. The maximum atomic E-state index is 11.8. The smallest absolute Gasteiger partial charge is 0.330 e. The van der Waals surface area contributed by atoms with E-state index in [1.807, 2.05) is 0 Å². The van der Waals surface area contributed by atoms with E-state index in [1.54, 1.807) is 14.0 Å². The summed E-state index contributed by atoms with van der Waals surface area (Å²) in [5, 5.41) is 15.3. The minimum atomic E-state index is -1.06. The second-order valence-electron chi connectivity index (χ2n) is 3.53. The Morgan fingerprint density at radius 2 is 2.29 bits per heavy atom. The molecule has 94 valence electrons. The predicted molar refractivity (Wildman–Crippen MR) is 58.3 cm³/mol. The number of carbonyl (C=O) groups is 2. The van der Waals surface area contributed by atoms with Crippen LogP contribution < -0.4 is 5.32 Å². The topological polar surface area (TPSA) is 93.5 Å². The second-order valence-corrected chi connectivity index (χ2v) is 3.53. The van der Waals surface area contributed by atoms with Crippen LogP contribution in [0.3, 0.4) is 0 Å². The third-order valence-electron chi connectivity index (χ3n) is 2.23. The maximum absolute atomic E-state index is 11.8. The fraction of sp³-hybridized carbons (Fsp3) is 0.500. The first-order valence-electron chi connectivity index (χ1n) is 4.99. The number of amides is 1. The third-order valence-corrected chi connectivity index (χ3v) is 2.23. The second kappa shape index (κ2) is 5.44. The number of ether oxygens (including phenoxy) is 1.